The molecule has 0 saturated heterocycles. The van der Waals surface area contributed by atoms with Crippen LogP contribution in [0.1, 0.15) is 39.6 Å². The Morgan fingerprint density at radius 3 is 2.58 bits per heavy atom. The van der Waals surface area contributed by atoms with Crippen molar-refractivity contribution in [1.29, 1.82) is 0 Å². The van der Waals surface area contributed by atoms with E-state index < -0.39 is 17.6 Å². The molecule has 4 aromatic rings. The molecular weight excluding hydrogens is 500 g/mol. The fraction of sp³-hybridized carbons (Fsp3) is 0.310. The van der Waals surface area contributed by atoms with Crippen molar-refractivity contribution >= 4 is 10.9 Å². The summed E-state index contributed by atoms with van der Waals surface area (Å²) in [4.78, 5) is 6.02. The number of alkyl halides is 3. The van der Waals surface area contributed by atoms with Crippen molar-refractivity contribution in [2.75, 3.05) is 20.8 Å². The number of aromatic nitrogens is 1. The Morgan fingerprint density at radius 1 is 1.00 bits per heavy atom. The maximum absolute atomic E-state index is 14.4. The lowest BCUT2D eigenvalue weighted by Gasteiger charge is -2.40. The van der Waals surface area contributed by atoms with Crippen LogP contribution in [0.3, 0.4) is 0 Å². The molecule has 6 rings (SSSR count). The summed E-state index contributed by atoms with van der Waals surface area (Å²) in [6, 6.07) is 12.6. The molecule has 0 bridgehead atoms. The molecule has 1 N–H and O–H groups in total. The molecule has 2 aliphatic heterocycles. The van der Waals surface area contributed by atoms with Crippen molar-refractivity contribution in [3.8, 4) is 17.2 Å². The monoisotopic (exact) mass is 526 g/mol. The first-order valence-electron chi connectivity index (χ1n) is 12.4. The van der Waals surface area contributed by atoms with Gasteiger partial charge in [0.1, 0.15) is 18.2 Å². The van der Waals surface area contributed by atoms with E-state index in [1.165, 1.54) is 11.3 Å². The maximum Gasteiger partial charge on any atom is 0.416 e. The molecule has 1 atom stereocenters. The van der Waals surface area contributed by atoms with Gasteiger partial charge in [0, 0.05) is 41.3 Å². The number of hydrogen-bond acceptors (Lipinski definition) is 4. The summed E-state index contributed by atoms with van der Waals surface area (Å²) < 4.78 is 69.9. The first-order valence-corrected chi connectivity index (χ1v) is 12.4. The second kappa shape index (κ2) is 9.23. The van der Waals surface area contributed by atoms with E-state index in [9.17, 15) is 17.6 Å². The summed E-state index contributed by atoms with van der Waals surface area (Å²) in [6.45, 7) is 1.47. The summed E-state index contributed by atoms with van der Waals surface area (Å²) in [5.74, 6) is 0.802. The van der Waals surface area contributed by atoms with Crippen LogP contribution in [0.4, 0.5) is 17.6 Å². The Bertz CT molecular complexity index is 1530. The molecule has 3 aromatic carbocycles. The molecule has 2 aliphatic rings. The molecule has 38 heavy (non-hydrogen) atoms. The van der Waals surface area contributed by atoms with Crippen LogP contribution in [-0.4, -0.2) is 30.6 Å². The van der Waals surface area contributed by atoms with Gasteiger partial charge in [-0.25, -0.2) is 4.39 Å². The first kappa shape index (κ1) is 24.6. The van der Waals surface area contributed by atoms with E-state index in [1.807, 2.05) is 24.3 Å². The topological polar surface area (TPSA) is 46.7 Å². The van der Waals surface area contributed by atoms with Gasteiger partial charge in [-0.15, -0.1) is 0 Å². The van der Waals surface area contributed by atoms with Gasteiger partial charge in [-0.3, -0.25) is 4.90 Å². The molecular formula is C29H26F4N2O3. The van der Waals surface area contributed by atoms with Crippen molar-refractivity contribution < 1.29 is 31.8 Å². The summed E-state index contributed by atoms with van der Waals surface area (Å²) >= 11 is 0. The minimum Gasteiger partial charge on any atom is -0.497 e. The van der Waals surface area contributed by atoms with Crippen LogP contribution < -0.4 is 14.2 Å². The highest BCUT2D eigenvalue weighted by atomic mass is 19.4. The van der Waals surface area contributed by atoms with E-state index in [2.05, 4.69) is 16.0 Å². The number of ether oxygens (including phenoxy) is 3. The third kappa shape index (κ3) is 4.24. The zero-order chi connectivity index (χ0) is 26.6. The van der Waals surface area contributed by atoms with Crippen LogP contribution in [0.25, 0.3) is 10.9 Å². The second-order valence-electron chi connectivity index (χ2n) is 9.73. The lowest BCUT2D eigenvalue weighted by atomic mass is 9.85. The molecule has 0 spiro atoms. The Balaban J connectivity index is 1.28. The fourth-order valence-electron chi connectivity index (χ4n) is 5.63. The lowest BCUT2D eigenvalue weighted by molar-refractivity contribution is -0.137. The minimum absolute atomic E-state index is 0.0403. The van der Waals surface area contributed by atoms with E-state index in [-0.39, 0.29) is 18.2 Å². The molecule has 0 aliphatic carbocycles. The molecule has 9 heteroatoms. The molecule has 198 valence electrons. The SMILES string of the molecule is COc1ccc2[nH]c3c(c2c1)CC1c2cc(OC)c(OCc4ccc(C(F)(F)F)cc4F)cc2CCN1C3. The van der Waals surface area contributed by atoms with Gasteiger partial charge in [0.2, 0.25) is 0 Å². The molecule has 0 fully saturated rings. The molecule has 0 amide bonds. The van der Waals surface area contributed by atoms with E-state index in [4.69, 9.17) is 14.2 Å². The Kier molecular flexibility index (Phi) is 5.98. The quantitative estimate of drug-likeness (QED) is 0.299. The van der Waals surface area contributed by atoms with Crippen LogP contribution in [0.2, 0.25) is 0 Å². The van der Waals surface area contributed by atoms with Crippen LogP contribution >= 0.6 is 0 Å². The summed E-state index contributed by atoms with van der Waals surface area (Å²) in [7, 11) is 3.20. The minimum atomic E-state index is -4.60. The number of H-pyrrole nitrogens is 1. The van der Waals surface area contributed by atoms with Crippen LogP contribution in [0.5, 0.6) is 17.2 Å². The van der Waals surface area contributed by atoms with Gasteiger partial charge >= 0.3 is 6.18 Å². The summed E-state index contributed by atoms with van der Waals surface area (Å²) in [5, 5.41) is 1.16. The fourth-order valence-corrected chi connectivity index (χ4v) is 5.63. The predicted molar refractivity (Wildman–Crippen MR) is 134 cm³/mol. The van der Waals surface area contributed by atoms with Gasteiger partial charge in [-0.2, -0.15) is 13.2 Å². The third-order valence-corrected chi connectivity index (χ3v) is 7.62. The Labute approximate surface area is 216 Å². The van der Waals surface area contributed by atoms with Gasteiger partial charge < -0.3 is 19.2 Å². The van der Waals surface area contributed by atoms with E-state index in [0.29, 0.717) is 17.6 Å². The standard InChI is InChI=1S/C29H26F4N2O3/c1-36-19-5-6-24-21(11-19)22-12-26-20-13-27(37-2)28(9-16(20)7-8-35(26)14-25(22)34-24)38-15-17-3-4-18(10-23(17)30)29(31,32)33/h3-6,9-11,13,26,34H,7-8,12,14-15H2,1-2H3. The van der Waals surface area contributed by atoms with Crippen molar-refractivity contribution in [3.63, 3.8) is 0 Å². The van der Waals surface area contributed by atoms with Gasteiger partial charge in [0.15, 0.2) is 11.5 Å². The molecule has 5 nitrogen and oxygen atoms in total. The zero-order valence-electron chi connectivity index (χ0n) is 20.9. The van der Waals surface area contributed by atoms with Crippen LogP contribution in [-0.2, 0) is 32.2 Å². The second-order valence-corrected chi connectivity index (χ2v) is 9.73. The lowest BCUT2D eigenvalue weighted by Crippen LogP contribution is -2.39. The number of nitrogens with zero attached hydrogens (tertiary/aromatic N) is 1. The average Bonchev–Trinajstić information content (AvgIpc) is 3.26. The maximum atomic E-state index is 14.4. The highest BCUT2D eigenvalue weighted by molar-refractivity contribution is 5.86. The number of benzene rings is 3. The summed E-state index contributed by atoms with van der Waals surface area (Å²) in [5.41, 5.74) is 4.88. The van der Waals surface area contributed by atoms with E-state index in [1.54, 1.807) is 14.2 Å². The van der Waals surface area contributed by atoms with Gasteiger partial charge in [-0.05, 0) is 72.0 Å². The van der Waals surface area contributed by atoms with Gasteiger partial charge in [0.25, 0.3) is 0 Å². The van der Waals surface area contributed by atoms with Crippen molar-refractivity contribution in [2.24, 2.45) is 0 Å². The first-order chi connectivity index (χ1) is 18.2. The number of aromatic amines is 1. The van der Waals surface area contributed by atoms with E-state index >= 15 is 0 Å². The molecule has 0 saturated carbocycles. The number of halogens is 4. The number of hydrogen-bond donors (Lipinski definition) is 1. The van der Waals surface area contributed by atoms with Crippen LogP contribution in [0, 0.1) is 5.82 Å². The number of rotatable bonds is 5. The van der Waals surface area contributed by atoms with Crippen LogP contribution in [0.15, 0.2) is 48.5 Å². The molecule has 0 radical (unpaired) electrons. The molecule has 3 heterocycles. The Hall–Kier alpha value is -3.72. The normalized spacial score (nSPS) is 17.1. The Morgan fingerprint density at radius 2 is 1.84 bits per heavy atom. The van der Waals surface area contributed by atoms with Crippen molar-refractivity contribution in [2.45, 2.75) is 38.2 Å². The zero-order valence-corrected chi connectivity index (χ0v) is 20.9. The third-order valence-electron chi connectivity index (χ3n) is 7.62. The smallest absolute Gasteiger partial charge is 0.416 e. The predicted octanol–water partition coefficient (Wildman–Crippen LogP) is 6.58. The summed E-state index contributed by atoms with van der Waals surface area (Å²) in [6.07, 6.45) is -2.96. The highest BCUT2D eigenvalue weighted by Gasteiger charge is 2.35. The highest BCUT2D eigenvalue weighted by Crippen LogP contribution is 2.44. The number of fused-ring (bicyclic) bond motifs is 6. The van der Waals surface area contributed by atoms with Crippen molar-refractivity contribution in [3.05, 3.63) is 87.9 Å². The molecule has 1 unspecified atom stereocenters. The van der Waals surface area contributed by atoms with E-state index in [0.717, 1.165) is 65.8 Å². The average molecular weight is 527 g/mol. The number of nitrogens with one attached hydrogen (secondary N) is 1. The number of methoxy groups -OCH3 is 2. The largest absolute Gasteiger partial charge is 0.497 e. The van der Waals surface area contributed by atoms with Gasteiger partial charge in [0.05, 0.1) is 19.8 Å². The van der Waals surface area contributed by atoms with Crippen molar-refractivity contribution in [1.82, 2.24) is 9.88 Å². The molecule has 1 aromatic heterocycles. The van der Waals surface area contributed by atoms with Gasteiger partial charge in [-0.1, -0.05) is 6.07 Å².